The van der Waals surface area contributed by atoms with Crippen molar-refractivity contribution in [1.29, 1.82) is 0 Å². The predicted molar refractivity (Wildman–Crippen MR) is 108 cm³/mol. The number of hydrogen-bond acceptors (Lipinski definition) is 4. The van der Waals surface area contributed by atoms with E-state index in [2.05, 4.69) is 4.72 Å². The molecule has 0 atom stereocenters. The van der Waals surface area contributed by atoms with Crippen molar-refractivity contribution in [3.63, 3.8) is 0 Å². The number of hydrogen-bond donors (Lipinski definition) is 2. The summed E-state index contributed by atoms with van der Waals surface area (Å²) in [7, 11) is -3.97. The SMILES string of the molecule is Cc1c(Cl)ccc(S(=O)(=O)Nc2cc(-c3ccccc3)sc2C(=O)O)c1C. The van der Waals surface area contributed by atoms with Crippen molar-refractivity contribution >= 4 is 44.6 Å². The Kier molecular flexibility index (Phi) is 5.28. The van der Waals surface area contributed by atoms with Crippen LogP contribution in [-0.4, -0.2) is 19.5 Å². The molecule has 0 spiro atoms. The lowest BCUT2D eigenvalue weighted by Gasteiger charge is -2.12. The van der Waals surface area contributed by atoms with Gasteiger partial charge in [-0.1, -0.05) is 41.9 Å². The number of carbonyl (C=O) groups is 1. The van der Waals surface area contributed by atoms with Crippen molar-refractivity contribution < 1.29 is 18.3 Å². The van der Waals surface area contributed by atoms with Gasteiger partial charge < -0.3 is 5.11 Å². The molecule has 0 fully saturated rings. The lowest BCUT2D eigenvalue weighted by Crippen LogP contribution is -2.16. The molecule has 3 aromatic rings. The largest absolute Gasteiger partial charge is 0.477 e. The summed E-state index contributed by atoms with van der Waals surface area (Å²) >= 11 is 7.06. The molecule has 0 bridgehead atoms. The summed E-state index contributed by atoms with van der Waals surface area (Å²) < 4.78 is 28.1. The molecular formula is C19H16ClNO4S2. The number of carboxylic acids is 1. The van der Waals surface area contributed by atoms with E-state index in [4.69, 9.17) is 11.6 Å². The minimum absolute atomic E-state index is 0.0401. The molecule has 1 heterocycles. The van der Waals surface area contributed by atoms with Crippen molar-refractivity contribution in [3.8, 4) is 10.4 Å². The standard InChI is InChI=1S/C19H16ClNO4S2/c1-11-12(2)17(9-8-14(11)20)27(24,25)21-15-10-16(26-18(15)19(22)23)13-6-4-3-5-7-13/h3-10,21H,1-2H3,(H,22,23). The third kappa shape index (κ3) is 3.85. The van der Waals surface area contributed by atoms with E-state index in [1.54, 1.807) is 19.9 Å². The van der Waals surface area contributed by atoms with Crippen molar-refractivity contribution in [2.24, 2.45) is 0 Å². The van der Waals surface area contributed by atoms with E-state index in [0.717, 1.165) is 16.9 Å². The van der Waals surface area contributed by atoms with Crippen LogP contribution >= 0.6 is 22.9 Å². The van der Waals surface area contributed by atoms with Gasteiger partial charge in [-0.25, -0.2) is 13.2 Å². The van der Waals surface area contributed by atoms with Gasteiger partial charge in [0.2, 0.25) is 0 Å². The molecule has 1 aromatic heterocycles. The van der Waals surface area contributed by atoms with E-state index in [0.29, 0.717) is 21.0 Å². The Morgan fingerprint density at radius 1 is 1.07 bits per heavy atom. The number of carboxylic acid groups (broad SMARTS) is 1. The topological polar surface area (TPSA) is 83.5 Å². The monoisotopic (exact) mass is 421 g/mol. The van der Waals surface area contributed by atoms with Crippen LogP contribution in [-0.2, 0) is 10.0 Å². The molecule has 0 aliphatic rings. The zero-order valence-corrected chi connectivity index (χ0v) is 16.9. The van der Waals surface area contributed by atoms with Crippen LogP contribution in [0.3, 0.4) is 0 Å². The Morgan fingerprint density at radius 3 is 2.37 bits per heavy atom. The molecule has 3 rings (SSSR count). The van der Waals surface area contributed by atoms with Crippen LogP contribution in [0.15, 0.2) is 53.4 Å². The van der Waals surface area contributed by atoms with Crippen LogP contribution in [0, 0.1) is 13.8 Å². The van der Waals surface area contributed by atoms with Crippen molar-refractivity contribution in [2.45, 2.75) is 18.7 Å². The first-order valence-electron chi connectivity index (χ1n) is 7.92. The molecule has 2 N–H and O–H groups in total. The molecule has 0 radical (unpaired) electrons. The van der Waals surface area contributed by atoms with Gasteiger partial charge in [0.05, 0.1) is 10.6 Å². The van der Waals surface area contributed by atoms with Gasteiger partial charge in [0.15, 0.2) is 0 Å². The van der Waals surface area contributed by atoms with Crippen LogP contribution in [0.4, 0.5) is 5.69 Å². The predicted octanol–water partition coefficient (Wildman–Crippen LogP) is 5.18. The molecule has 0 amide bonds. The highest BCUT2D eigenvalue weighted by molar-refractivity contribution is 7.92. The Hall–Kier alpha value is -2.35. The number of nitrogens with one attached hydrogen (secondary N) is 1. The smallest absolute Gasteiger partial charge is 0.348 e. The number of sulfonamides is 1. The summed E-state index contributed by atoms with van der Waals surface area (Å²) in [6.45, 7) is 3.40. The fraction of sp³-hybridized carbons (Fsp3) is 0.105. The maximum atomic E-state index is 12.9. The molecule has 5 nitrogen and oxygen atoms in total. The number of thiophene rings is 1. The van der Waals surface area contributed by atoms with Crippen LogP contribution in [0.25, 0.3) is 10.4 Å². The Bertz CT molecular complexity index is 1120. The second-order valence-electron chi connectivity index (χ2n) is 5.93. The van der Waals surface area contributed by atoms with Crippen LogP contribution < -0.4 is 4.72 Å². The third-order valence-corrected chi connectivity index (χ3v) is 7.28. The number of benzene rings is 2. The molecule has 8 heteroatoms. The lowest BCUT2D eigenvalue weighted by atomic mass is 10.1. The second kappa shape index (κ2) is 7.34. The number of anilines is 1. The highest BCUT2D eigenvalue weighted by Crippen LogP contribution is 2.36. The van der Waals surface area contributed by atoms with E-state index in [-0.39, 0.29) is 15.5 Å². The first-order chi connectivity index (χ1) is 12.7. The minimum Gasteiger partial charge on any atom is -0.477 e. The Morgan fingerprint density at radius 2 is 1.74 bits per heavy atom. The van der Waals surface area contributed by atoms with Crippen molar-refractivity contribution in [3.05, 3.63) is 69.6 Å². The molecule has 27 heavy (non-hydrogen) atoms. The maximum absolute atomic E-state index is 12.9. The zero-order chi connectivity index (χ0) is 19.8. The quantitative estimate of drug-likeness (QED) is 0.594. The number of aromatic carboxylic acids is 1. The minimum atomic E-state index is -3.97. The average molecular weight is 422 g/mol. The van der Waals surface area contributed by atoms with Gasteiger partial charge in [0, 0.05) is 9.90 Å². The summed E-state index contributed by atoms with van der Waals surface area (Å²) in [5.74, 6) is -1.19. The van der Waals surface area contributed by atoms with Crippen LogP contribution in [0.1, 0.15) is 20.8 Å². The molecule has 140 valence electrons. The second-order valence-corrected chi connectivity index (χ2v) is 9.04. The van der Waals surface area contributed by atoms with Gasteiger partial charge in [0.1, 0.15) is 4.88 Å². The van der Waals surface area contributed by atoms with E-state index >= 15 is 0 Å². The highest BCUT2D eigenvalue weighted by Gasteiger charge is 2.24. The Labute approximate surface area is 166 Å². The molecule has 0 saturated heterocycles. The average Bonchev–Trinajstić information content (AvgIpc) is 3.03. The van der Waals surface area contributed by atoms with E-state index in [9.17, 15) is 18.3 Å². The number of halogens is 1. The summed E-state index contributed by atoms with van der Waals surface area (Å²) in [5.41, 5.74) is 2.03. The van der Waals surface area contributed by atoms with Gasteiger partial charge >= 0.3 is 5.97 Å². The lowest BCUT2D eigenvalue weighted by molar-refractivity contribution is 0.0703. The fourth-order valence-corrected chi connectivity index (χ4v) is 5.22. The fourth-order valence-electron chi connectivity index (χ4n) is 2.62. The molecule has 0 aliphatic heterocycles. The summed E-state index contributed by atoms with van der Waals surface area (Å²) in [6, 6.07) is 13.7. The van der Waals surface area contributed by atoms with E-state index in [1.165, 1.54) is 12.1 Å². The normalized spacial score (nSPS) is 11.4. The van der Waals surface area contributed by atoms with Gasteiger partial charge in [-0.3, -0.25) is 4.72 Å². The van der Waals surface area contributed by atoms with Gasteiger partial charge in [-0.15, -0.1) is 11.3 Å². The van der Waals surface area contributed by atoms with Gasteiger partial charge in [-0.05, 0) is 48.7 Å². The highest BCUT2D eigenvalue weighted by atomic mass is 35.5. The van der Waals surface area contributed by atoms with E-state index < -0.39 is 16.0 Å². The number of rotatable bonds is 5. The first kappa shape index (κ1) is 19.4. The van der Waals surface area contributed by atoms with Crippen LogP contribution in [0.2, 0.25) is 5.02 Å². The van der Waals surface area contributed by atoms with E-state index in [1.807, 2.05) is 30.3 Å². The molecule has 0 aliphatic carbocycles. The molecular weight excluding hydrogens is 406 g/mol. The van der Waals surface area contributed by atoms with Crippen LogP contribution in [0.5, 0.6) is 0 Å². The first-order valence-corrected chi connectivity index (χ1v) is 10.6. The third-order valence-electron chi connectivity index (χ3n) is 4.19. The van der Waals surface area contributed by atoms with Gasteiger partial charge in [0.25, 0.3) is 10.0 Å². The molecule has 2 aromatic carbocycles. The molecule has 0 unspecified atom stereocenters. The van der Waals surface area contributed by atoms with Crippen molar-refractivity contribution in [2.75, 3.05) is 4.72 Å². The maximum Gasteiger partial charge on any atom is 0.348 e. The summed E-state index contributed by atoms with van der Waals surface area (Å²) in [6.07, 6.45) is 0. The van der Waals surface area contributed by atoms with Crippen molar-refractivity contribution in [1.82, 2.24) is 0 Å². The van der Waals surface area contributed by atoms with Gasteiger partial charge in [-0.2, -0.15) is 0 Å². The molecule has 0 saturated carbocycles. The zero-order valence-electron chi connectivity index (χ0n) is 14.5. The Balaban J connectivity index is 2.06. The summed E-state index contributed by atoms with van der Waals surface area (Å²) in [4.78, 5) is 12.3. The summed E-state index contributed by atoms with van der Waals surface area (Å²) in [5, 5.41) is 9.96.